The average molecular weight is 275 g/mol. The molecule has 1 aliphatic heterocycles. The second-order valence-corrected chi connectivity index (χ2v) is 4.96. The van der Waals surface area contributed by atoms with Crippen LogP contribution in [0.4, 0.5) is 0 Å². The minimum absolute atomic E-state index is 0.0921. The van der Waals surface area contributed by atoms with Crippen molar-refractivity contribution in [3.8, 4) is 0 Å². The predicted octanol–water partition coefficient (Wildman–Crippen LogP) is 1.99. The van der Waals surface area contributed by atoms with Crippen molar-refractivity contribution in [2.24, 2.45) is 0 Å². The first-order valence-electron chi connectivity index (χ1n) is 5.29. The Morgan fingerprint density at radius 1 is 1.53 bits per heavy atom. The van der Waals surface area contributed by atoms with Gasteiger partial charge in [-0.15, -0.1) is 0 Å². The lowest BCUT2D eigenvalue weighted by molar-refractivity contribution is -0.0826. The Kier molecular flexibility index (Phi) is 3.30. The van der Waals surface area contributed by atoms with E-state index >= 15 is 0 Å². The van der Waals surface area contributed by atoms with Crippen molar-refractivity contribution in [3.63, 3.8) is 0 Å². The van der Waals surface area contributed by atoms with Crippen LogP contribution < -0.4 is 0 Å². The van der Waals surface area contributed by atoms with Gasteiger partial charge in [-0.2, -0.15) is 0 Å². The van der Waals surface area contributed by atoms with Crippen molar-refractivity contribution in [3.05, 3.63) is 28.0 Å². The first-order valence-corrected chi connectivity index (χ1v) is 6.04. The zero-order valence-corrected chi connectivity index (χ0v) is 10.8. The summed E-state index contributed by atoms with van der Waals surface area (Å²) in [4.78, 5) is 17.4. The highest BCUT2D eigenvalue weighted by Crippen LogP contribution is 2.27. The van der Waals surface area contributed by atoms with Gasteiger partial charge in [0.1, 0.15) is 10.3 Å². The molecule has 0 spiro atoms. The molecule has 0 radical (unpaired) electrons. The van der Waals surface area contributed by atoms with Crippen LogP contribution in [0.25, 0.3) is 0 Å². The highest BCUT2D eigenvalue weighted by molar-refractivity contribution is 6.34. The van der Waals surface area contributed by atoms with E-state index in [-0.39, 0.29) is 16.2 Å². The minimum atomic E-state index is -0.748. The zero-order valence-electron chi connectivity index (χ0n) is 9.28. The van der Waals surface area contributed by atoms with E-state index < -0.39 is 5.60 Å². The van der Waals surface area contributed by atoms with Crippen molar-refractivity contribution >= 4 is 29.1 Å². The summed E-state index contributed by atoms with van der Waals surface area (Å²) in [6, 6.07) is 3.07. The van der Waals surface area contributed by atoms with Crippen LogP contribution in [-0.2, 0) is 0 Å². The summed E-state index contributed by atoms with van der Waals surface area (Å²) in [5, 5.41) is 10.2. The number of aliphatic hydroxyl groups is 1. The zero-order chi connectivity index (χ0) is 12.6. The number of pyridine rings is 1. The number of aromatic nitrogens is 1. The summed E-state index contributed by atoms with van der Waals surface area (Å²) in [6.45, 7) is 2.56. The lowest BCUT2D eigenvalue weighted by Crippen LogP contribution is -2.63. The highest BCUT2D eigenvalue weighted by Gasteiger charge is 2.42. The molecule has 2 heterocycles. The van der Waals surface area contributed by atoms with Gasteiger partial charge in [0.2, 0.25) is 0 Å². The van der Waals surface area contributed by atoms with Crippen molar-refractivity contribution in [1.82, 2.24) is 9.88 Å². The molecule has 6 heteroatoms. The topological polar surface area (TPSA) is 53.4 Å². The molecule has 1 saturated heterocycles. The fourth-order valence-corrected chi connectivity index (χ4v) is 2.20. The van der Waals surface area contributed by atoms with E-state index in [0.717, 1.165) is 0 Å². The Balaban J connectivity index is 2.12. The van der Waals surface area contributed by atoms with Crippen molar-refractivity contribution in [2.75, 3.05) is 13.1 Å². The van der Waals surface area contributed by atoms with Crippen LogP contribution in [0.15, 0.2) is 12.1 Å². The van der Waals surface area contributed by atoms with Crippen LogP contribution in [0, 0.1) is 0 Å². The molecule has 0 bridgehead atoms. The number of hydrogen-bond acceptors (Lipinski definition) is 3. The largest absolute Gasteiger partial charge is 0.386 e. The Hall–Kier alpha value is -0.840. The van der Waals surface area contributed by atoms with E-state index in [2.05, 4.69) is 4.98 Å². The summed E-state index contributed by atoms with van der Waals surface area (Å²) < 4.78 is 0. The maximum atomic E-state index is 12.0. The van der Waals surface area contributed by atoms with Gasteiger partial charge in [-0.25, -0.2) is 4.98 Å². The summed E-state index contributed by atoms with van der Waals surface area (Å²) >= 11 is 11.5. The molecule has 2 rings (SSSR count). The van der Waals surface area contributed by atoms with E-state index in [0.29, 0.717) is 25.1 Å². The fourth-order valence-electron chi connectivity index (χ4n) is 1.77. The summed E-state index contributed by atoms with van der Waals surface area (Å²) in [5.41, 5.74) is -0.434. The first kappa shape index (κ1) is 12.6. The maximum Gasteiger partial charge on any atom is 0.257 e. The van der Waals surface area contributed by atoms with Gasteiger partial charge >= 0.3 is 0 Å². The minimum Gasteiger partial charge on any atom is -0.386 e. The van der Waals surface area contributed by atoms with Crippen LogP contribution in [0.2, 0.25) is 10.3 Å². The Bertz CT molecular complexity index is 459. The van der Waals surface area contributed by atoms with E-state index in [1.807, 2.05) is 6.92 Å². The van der Waals surface area contributed by atoms with Gasteiger partial charge in [0.05, 0.1) is 24.3 Å². The monoisotopic (exact) mass is 274 g/mol. The fraction of sp³-hybridized carbons (Fsp3) is 0.455. The van der Waals surface area contributed by atoms with Gasteiger partial charge in [-0.05, 0) is 18.6 Å². The highest BCUT2D eigenvalue weighted by atomic mass is 35.5. The molecule has 0 atom stereocenters. The normalized spacial score (nSPS) is 17.8. The number of halogens is 2. The molecule has 1 aliphatic rings. The number of nitrogens with zero attached hydrogens (tertiary/aromatic N) is 2. The second kappa shape index (κ2) is 4.44. The number of rotatable bonds is 2. The van der Waals surface area contributed by atoms with E-state index in [1.165, 1.54) is 6.07 Å². The van der Waals surface area contributed by atoms with Gasteiger partial charge in [-0.1, -0.05) is 30.1 Å². The van der Waals surface area contributed by atoms with Crippen LogP contribution in [-0.4, -0.2) is 39.6 Å². The summed E-state index contributed by atoms with van der Waals surface area (Å²) in [5.74, 6) is -0.225. The second-order valence-electron chi connectivity index (χ2n) is 4.21. The van der Waals surface area contributed by atoms with Gasteiger partial charge in [0.25, 0.3) is 5.91 Å². The molecule has 1 N–H and O–H groups in total. The molecule has 0 saturated carbocycles. The third kappa shape index (κ3) is 2.39. The van der Waals surface area contributed by atoms with Crippen molar-refractivity contribution < 1.29 is 9.90 Å². The molecule has 0 unspecified atom stereocenters. The van der Waals surface area contributed by atoms with Crippen LogP contribution in [0.5, 0.6) is 0 Å². The van der Waals surface area contributed by atoms with E-state index in [9.17, 15) is 9.90 Å². The molecule has 0 aliphatic carbocycles. The molecule has 1 aromatic rings. The maximum absolute atomic E-state index is 12.0. The first-order chi connectivity index (χ1) is 7.95. The molecular formula is C11H12Cl2N2O2. The lowest BCUT2D eigenvalue weighted by atomic mass is 9.91. The van der Waals surface area contributed by atoms with Crippen molar-refractivity contribution in [1.29, 1.82) is 0 Å². The molecule has 1 amide bonds. The molecule has 1 aromatic heterocycles. The van der Waals surface area contributed by atoms with E-state index in [1.54, 1.807) is 11.0 Å². The number of amides is 1. The molecule has 92 valence electrons. The van der Waals surface area contributed by atoms with Crippen LogP contribution in [0.3, 0.4) is 0 Å². The third-order valence-corrected chi connectivity index (χ3v) is 3.46. The quantitative estimate of drug-likeness (QED) is 0.840. The summed E-state index contributed by atoms with van der Waals surface area (Å²) in [7, 11) is 0. The smallest absolute Gasteiger partial charge is 0.257 e. The van der Waals surface area contributed by atoms with E-state index in [4.69, 9.17) is 23.2 Å². The van der Waals surface area contributed by atoms with Crippen LogP contribution >= 0.6 is 23.2 Å². The SMILES string of the molecule is CCC1(O)CN(C(=O)c2ccc(Cl)nc2Cl)C1. The molecule has 4 nitrogen and oxygen atoms in total. The number of β-amino-alcohol motifs (C(OH)–C–C–N with tert-alkyl or cyclic N) is 1. The Morgan fingerprint density at radius 3 is 2.71 bits per heavy atom. The predicted molar refractivity (Wildman–Crippen MR) is 65.4 cm³/mol. The average Bonchev–Trinajstić information content (AvgIpc) is 2.24. The number of likely N-dealkylation sites (tertiary alicyclic amines) is 1. The summed E-state index contributed by atoms with van der Waals surface area (Å²) in [6.07, 6.45) is 0.628. The van der Waals surface area contributed by atoms with Gasteiger partial charge < -0.3 is 10.0 Å². The standard InChI is InChI=1S/C11H12Cl2N2O2/c1-2-11(17)5-15(6-11)10(16)7-3-4-8(12)14-9(7)13/h3-4,17H,2,5-6H2,1H3. The van der Waals surface area contributed by atoms with Gasteiger partial charge in [-0.3, -0.25) is 4.79 Å². The van der Waals surface area contributed by atoms with Crippen molar-refractivity contribution in [2.45, 2.75) is 18.9 Å². The lowest BCUT2D eigenvalue weighted by Gasteiger charge is -2.46. The number of hydrogen-bond donors (Lipinski definition) is 1. The van der Waals surface area contributed by atoms with Gasteiger partial charge in [0.15, 0.2) is 0 Å². The van der Waals surface area contributed by atoms with Crippen LogP contribution in [0.1, 0.15) is 23.7 Å². The Labute approximate surface area is 109 Å². The van der Waals surface area contributed by atoms with Gasteiger partial charge in [0, 0.05) is 0 Å². The molecule has 17 heavy (non-hydrogen) atoms. The molecular weight excluding hydrogens is 263 g/mol. The molecule has 1 fully saturated rings. The third-order valence-electron chi connectivity index (χ3n) is 2.96. The Morgan fingerprint density at radius 2 is 2.18 bits per heavy atom. The number of carbonyl (C=O) groups excluding carboxylic acids is 1. The molecule has 0 aromatic carbocycles. The number of carbonyl (C=O) groups is 1.